The molecule has 0 bridgehead atoms. The Morgan fingerprint density at radius 3 is 2.74 bits per heavy atom. The molecule has 1 fully saturated rings. The van der Waals surface area contributed by atoms with Crippen LogP contribution in [0.1, 0.15) is 24.2 Å². The molecular formula is C13H18N4O2. The number of rotatable bonds is 1. The van der Waals surface area contributed by atoms with E-state index in [1.807, 2.05) is 0 Å². The number of aromatic nitrogens is 1. The number of nitrogens with two attached hydrogens (primary N) is 1. The van der Waals surface area contributed by atoms with Gasteiger partial charge in [-0.15, -0.1) is 0 Å². The maximum atomic E-state index is 12.5. The topological polar surface area (TPSA) is 79.5 Å². The average Bonchev–Trinajstić information content (AvgIpc) is 2.36. The number of likely N-dealkylation sites (N-methyl/N-ethyl adjacent to an activating group) is 1. The number of amides is 2. The molecule has 1 saturated heterocycles. The Hall–Kier alpha value is -2.11. The van der Waals surface area contributed by atoms with Crippen molar-refractivity contribution >= 4 is 17.5 Å². The van der Waals surface area contributed by atoms with Crippen molar-refractivity contribution in [2.75, 3.05) is 25.9 Å². The highest BCUT2D eigenvalue weighted by Gasteiger charge is 2.43. The zero-order valence-electron chi connectivity index (χ0n) is 11.4. The molecule has 102 valence electrons. The molecule has 0 aliphatic carbocycles. The van der Waals surface area contributed by atoms with Crippen molar-refractivity contribution in [2.24, 2.45) is 0 Å². The van der Waals surface area contributed by atoms with Gasteiger partial charge >= 0.3 is 0 Å². The number of piperazine rings is 1. The number of carbonyl (C=O) groups excluding carboxylic acids is 2. The minimum absolute atomic E-state index is 0.0745. The minimum Gasteiger partial charge on any atom is -0.398 e. The number of anilines is 1. The third-order valence-corrected chi connectivity index (χ3v) is 3.53. The summed E-state index contributed by atoms with van der Waals surface area (Å²) in [4.78, 5) is 31.8. The Balaban J connectivity index is 2.34. The van der Waals surface area contributed by atoms with E-state index in [2.05, 4.69) is 4.98 Å². The minimum atomic E-state index is -0.869. The van der Waals surface area contributed by atoms with E-state index in [1.165, 1.54) is 12.4 Å². The molecule has 0 spiro atoms. The van der Waals surface area contributed by atoms with E-state index >= 15 is 0 Å². The lowest BCUT2D eigenvalue weighted by Gasteiger charge is -2.44. The Labute approximate surface area is 112 Å². The van der Waals surface area contributed by atoms with Crippen LogP contribution in [-0.4, -0.2) is 52.3 Å². The van der Waals surface area contributed by atoms with Gasteiger partial charge in [-0.2, -0.15) is 0 Å². The van der Waals surface area contributed by atoms with Crippen molar-refractivity contribution < 1.29 is 9.59 Å². The predicted molar refractivity (Wildman–Crippen MR) is 71.4 cm³/mol. The molecule has 0 atom stereocenters. The first-order valence-corrected chi connectivity index (χ1v) is 6.12. The molecule has 6 heteroatoms. The van der Waals surface area contributed by atoms with E-state index in [0.29, 0.717) is 24.3 Å². The average molecular weight is 262 g/mol. The van der Waals surface area contributed by atoms with Gasteiger partial charge in [0.2, 0.25) is 5.91 Å². The smallest absolute Gasteiger partial charge is 0.258 e. The molecule has 2 rings (SSSR count). The van der Waals surface area contributed by atoms with Gasteiger partial charge in [-0.25, -0.2) is 0 Å². The van der Waals surface area contributed by atoms with Gasteiger partial charge in [-0.05, 0) is 19.9 Å². The lowest BCUT2D eigenvalue weighted by atomic mass is 9.96. The van der Waals surface area contributed by atoms with Gasteiger partial charge < -0.3 is 15.5 Å². The molecule has 1 aliphatic rings. The van der Waals surface area contributed by atoms with Crippen LogP contribution in [-0.2, 0) is 4.79 Å². The Morgan fingerprint density at radius 1 is 1.42 bits per heavy atom. The van der Waals surface area contributed by atoms with Crippen molar-refractivity contribution in [3.63, 3.8) is 0 Å². The number of pyridine rings is 1. The standard InChI is InChI=1S/C13H18N4O2/c1-13(2)12(19)16(3)6-7-17(13)11(18)9-8-15-5-4-10(9)14/h4-5,8H,6-7H2,1-3H3,(H2,14,15). The van der Waals surface area contributed by atoms with E-state index in [1.54, 1.807) is 36.8 Å². The lowest BCUT2D eigenvalue weighted by Crippen LogP contribution is -2.63. The van der Waals surface area contributed by atoms with Crippen LogP contribution in [0.15, 0.2) is 18.5 Å². The highest BCUT2D eigenvalue weighted by atomic mass is 16.2. The van der Waals surface area contributed by atoms with Gasteiger partial charge in [-0.3, -0.25) is 14.6 Å². The second kappa shape index (κ2) is 4.53. The normalized spacial score (nSPS) is 18.6. The highest BCUT2D eigenvalue weighted by Crippen LogP contribution is 2.25. The molecule has 1 aromatic rings. The molecule has 2 amide bonds. The summed E-state index contributed by atoms with van der Waals surface area (Å²) in [5, 5.41) is 0. The highest BCUT2D eigenvalue weighted by molar-refractivity contribution is 6.02. The zero-order valence-corrected chi connectivity index (χ0v) is 11.4. The van der Waals surface area contributed by atoms with Gasteiger partial charge in [0.1, 0.15) is 5.54 Å². The summed E-state index contributed by atoms with van der Waals surface area (Å²) in [5.41, 5.74) is 5.64. The molecular weight excluding hydrogens is 244 g/mol. The van der Waals surface area contributed by atoms with Crippen LogP contribution in [0.5, 0.6) is 0 Å². The van der Waals surface area contributed by atoms with E-state index in [4.69, 9.17) is 5.73 Å². The summed E-state index contributed by atoms with van der Waals surface area (Å²) < 4.78 is 0. The summed E-state index contributed by atoms with van der Waals surface area (Å²) in [6, 6.07) is 1.58. The van der Waals surface area contributed by atoms with Crippen LogP contribution < -0.4 is 5.73 Å². The van der Waals surface area contributed by atoms with Gasteiger partial charge in [0, 0.05) is 38.2 Å². The number of nitrogen functional groups attached to an aromatic ring is 1. The second-order valence-corrected chi connectivity index (χ2v) is 5.21. The molecule has 0 aromatic carbocycles. The van der Waals surface area contributed by atoms with E-state index in [9.17, 15) is 9.59 Å². The zero-order chi connectivity index (χ0) is 14.2. The summed E-state index contributed by atoms with van der Waals surface area (Å²) >= 11 is 0. The van der Waals surface area contributed by atoms with E-state index < -0.39 is 5.54 Å². The lowest BCUT2D eigenvalue weighted by molar-refractivity contribution is -0.144. The van der Waals surface area contributed by atoms with Crippen molar-refractivity contribution in [1.29, 1.82) is 0 Å². The molecule has 0 unspecified atom stereocenters. The Kier molecular flexibility index (Phi) is 3.18. The van der Waals surface area contributed by atoms with Gasteiger partial charge in [0.15, 0.2) is 0 Å². The van der Waals surface area contributed by atoms with Gasteiger partial charge in [-0.1, -0.05) is 0 Å². The number of nitrogens with zero attached hydrogens (tertiary/aromatic N) is 3. The van der Waals surface area contributed by atoms with Crippen molar-refractivity contribution in [2.45, 2.75) is 19.4 Å². The molecule has 6 nitrogen and oxygen atoms in total. The molecule has 0 saturated carbocycles. The summed E-state index contributed by atoms with van der Waals surface area (Å²) in [6.45, 7) is 4.50. The first-order chi connectivity index (χ1) is 8.85. The van der Waals surface area contributed by atoms with Crippen LogP contribution in [0.3, 0.4) is 0 Å². The predicted octanol–water partition coefficient (Wildman–Crippen LogP) is 0.357. The monoisotopic (exact) mass is 262 g/mol. The summed E-state index contributed by atoms with van der Waals surface area (Å²) in [6.07, 6.45) is 2.98. The first kappa shape index (κ1) is 13.3. The van der Waals surface area contributed by atoms with Gasteiger partial charge in [0.25, 0.3) is 5.91 Å². The Morgan fingerprint density at radius 2 is 2.11 bits per heavy atom. The van der Waals surface area contributed by atoms with Crippen molar-refractivity contribution in [3.05, 3.63) is 24.0 Å². The first-order valence-electron chi connectivity index (χ1n) is 6.12. The second-order valence-electron chi connectivity index (χ2n) is 5.21. The summed E-state index contributed by atoms with van der Waals surface area (Å²) in [5.74, 6) is -0.327. The largest absolute Gasteiger partial charge is 0.398 e. The van der Waals surface area contributed by atoms with Crippen LogP contribution in [0.2, 0.25) is 0 Å². The maximum absolute atomic E-state index is 12.5. The maximum Gasteiger partial charge on any atom is 0.258 e. The third kappa shape index (κ3) is 2.14. The fourth-order valence-electron chi connectivity index (χ4n) is 2.30. The summed E-state index contributed by atoms with van der Waals surface area (Å²) in [7, 11) is 1.74. The Bertz CT molecular complexity index is 527. The SMILES string of the molecule is CN1CCN(C(=O)c2cnccc2N)C(C)(C)C1=O. The van der Waals surface area contributed by atoms with Crippen molar-refractivity contribution in [1.82, 2.24) is 14.8 Å². The molecule has 19 heavy (non-hydrogen) atoms. The van der Waals surface area contributed by atoms with Crippen LogP contribution >= 0.6 is 0 Å². The van der Waals surface area contributed by atoms with Crippen molar-refractivity contribution in [3.8, 4) is 0 Å². The van der Waals surface area contributed by atoms with Gasteiger partial charge in [0.05, 0.1) is 5.56 Å². The van der Waals surface area contributed by atoms with Crippen LogP contribution in [0, 0.1) is 0 Å². The molecule has 1 aromatic heterocycles. The van der Waals surface area contributed by atoms with Crippen LogP contribution in [0.25, 0.3) is 0 Å². The third-order valence-electron chi connectivity index (χ3n) is 3.53. The number of carbonyl (C=O) groups is 2. The van der Waals surface area contributed by atoms with E-state index in [-0.39, 0.29) is 11.8 Å². The number of hydrogen-bond acceptors (Lipinski definition) is 4. The fourth-order valence-corrected chi connectivity index (χ4v) is 2.30. The molecule has 2 heterocycles. The van der Waals surface area contributed by atoms with E-state index in [0.717, 1.165) is 0 Å². The molecule has 0 radical (unpaired) electrons. The number of hydrogen-bond donors (Lipinski definition) is 1. The van der Waals surface area contributed by atoms with Crippen LogP contribution in [0.4, 0.5) is 5.69 Å². The molecule has 1 aliphatic heterocycles. The fraction of sp³-hybridized carbons (Fsp3) is 0.462. The molecule has 2 N–H and O–H groups in total. The quantitative estimate of drug-likeness (QED) is 0.792.